The minimum absolute atomic E-state index is 0. The van der Waals surface area contributed by atoms with Crippen LogP contribution in [0.2, 0.25) is 0 Å². The molecule has 1 aromatic carbocycles. The van der Waals surface area contributed by atoms with E-state index in [1.807, 2.05) is 36.5 Å². The van der Waals surface area contributed by atoms with E-state index in [0.717, 1.165) is 46.7 Å². The topological polar surface area (TPSA) is 92.4 Å². The molecule has 2 heterocycles. The van der Waals surface area contributed by atoms with E-state index in [1.165, 1.54) is 0 Å². The Morgan fingerprint density at radius 1 is 1.21 bits per heavy atom. The van der Waals surface area contributed by atoms with Crippen LogP contribution in [0.4, 0.5) is 4.79 Å². The van der Waals surface area contributed by atoms with Crippen molar-refractivity contribution in [3.8, 4) is 11.1 Å². The second-order valence-corrected chi connectivity index (χ2v) is 12.3. The molecular weight excluding hydrogens is 498 g/mol. The molecule has 0 saturated heterocycles. The van der Waals surface area contributed by atoms with Gasteiger partial charge in [-0.25, -0.2) is 13.4 Å². The van der Waals surface area contributed by atoms with Gasteiger partial charge in [-0.3, -0.25) is 4.79 Å². The zero-order chi connectivity index (χ0) is 24.4. The largest absolute Gasteiger partial charge is 1.00 e. The van der Waals surface area contributed by atoms with Gasteiger partial charge in [0.05, 0.1) is 7.11 Å². The second kappa shape index (κ2) is 11.8. The maximum atomic E-state index is 12.8. The number of benzene rings is 1. The second-order valence-electron chi connectivity index (χ2n) is 9.37. The molecule has 3 aromatic rings. The van der Waals surface area contributed by atoms with E-state index < -0.39 is 16.1 Å². The minimum Gasteiger partial charge on any atom is -0.505 e. The monoisotopic (exact) mass is 527 g/mol. The average Bonchev–Trinajstić information content (AvgIpc) is 3.35. The van der Waals surface area contributed by atoms with Crippen LogP contribution in [0.25, 0.3) is 15.8 Å². The first-order chi connectivity index (χ1) is 15.4. The number of ether oxygens (including phenoxy) is 1. The van der Waals surface area contributed by atoms with Crippen LogP contribution < -0.4 is 51.4 Å². The SMILES string of the molecule is COC(=O)[N-]S(=O)(=O)c1sc(CC(C)C)cc1-c1ccc(Cn2ccnc2C(C)(C)C)cc1.[K+]. The molecule has 10 heteroatoms. The number of aromatic nitrogens is 2. The Morgan fingerprint density at radius 2 is 1.85 bits per heavy atom. The van der Waals surface area contributed by atoms with E-state index in [2.05, 4.69) is 53.6 Å². The predicted octanol–water partition coefficient (Wildman–Crippen LogP) is 2.99. The maximum absolute atomic E-state index is 12.8. The Labute approximate surface area is 248 Å². The van der Waals surface area contributed by atoms with Gasteiger partial charge in [0.2, 0.25) is 6.09 Å². The summed E-state index contributed by atoms with van der Waals surface area (Å²) in [5, 5.41) is 0. The zero-order valence-corrected chi connectivity index (χ0v) is 25.6. The number of thiophene rings is 1. The summed E-state index contributed by atoms with van der Waals surface area (Å²) in [7, 11) is -3.08. The molecule has 0 aliphatic heterocycles. The van der Waals surface area contributed by atoms with Crippen LogP contribution in [0.5, 0.6) is 0 Å². The Morgan fingerprint density at radius 3 is 2.41 bits per heavy atom. The Bertz CT molecular complexity index is 1220. The van der Waals surface area contributed by atoms with E-state index >= 15 is 0 Å². The zero-order valence-electron chi connectivity index (χ0n) is 20.8. The van der Waals surface area contributed by atoms with Gasteiger partial charge in [0.25, 0.3) is 0 Å². The quantitative estimate of drug-likeness (QED) is 0.441. The molecule has 34 heavy (non-hydrogen) atoms. The molecule has 7 nitrogen and oxygen atoms in total. The van der Waals surface area contributed by atoms with Gasteiger partial charge in [-0.2, -0.15) is 0 Å². The first-order valence-electron chi connectivity index (χ1n) is 10.7. The molecular formula is C24H30KN3O4S2. The van der Waals surface area contributed by atoms with E-state index in [1.54, 1.807) is 6.20 Å². The number of methoxy groups -OCH3 is 1. The van der Waals surface area contributed by atoms with Crippen molar-refractivity contribution in [2.45, 2.75) is 57.2 Å². The number of amides is 1. The number of carbonyl (C=O) groups excluding carboxylic acids is 1. The number of nitrogens with zero attached hydrogens (tertiary/aromatic N) is 3. The van der Waals surface area contributed by atoms with Crippen molar-refractivity contribution < 1.29 is 69.3 Å². The molecule has 0 aliphatic carbocycles. The third kappa shape index (κ3) is 7.25. The van der Waals surface area contributed by atoms with Gasteiger partial charge in [0, 0.05) is 34.8 Å². The summed E-state index contributed by atoms with van der Waals surface area (Å²) in [6.45, 7) is 11.2. The predicted molar refractivity (Wildman–Crippen MR) is 131 cm³/mol. The summed E-state index contributed by atoms with van der Waals surface area (Å²) in [5.74, 6) is 1.36. The van der Waals surface area contributed by atoms with Crippen LogP contribution in [-0.4, -0.2) is 31.2 Å². The van der Waals surface area contributed by atoms with E-state index in [0.29, 0.717) is 18.0 Å². The summed E-state index contributed by atoms with van der Waals surface area (Å²) >= 11 is 1.15. The van der Waals surface area contributed by atoms with Gasteiger partial charge in [0.15, 0.2) is 0 Å². The third-order valence-electron chi connectivity index (χ3n) is 4.97. The summed E-state index contributed by atoms with van der Waals surface area (Å²) in [6.07, 6.45) is 3.37. The molecule has 0 N–H and O–H groups in total. The van der Waals surface area contributed by atoms with Gasteiger partial charge in [-0.1, -0.05) is 58.9 Å². The molecule has 0 unspecified atom stereocenters. The first kappa shape index (κ1) is 29.2. The summed E-state index contributed by atoms with van der Waals surface area (Å²) in [6, 6.07) is 9.65. The van der Waals surface area contributed by atoms with Gasteiger partial charge in [-0.15, -0.1) is 11.3 Å². The summed E-state index contributed by atoms with van der Waals surface area (Å²) in [4.78, 5) is 17.0. The van der Waals surface area contributed by atoms with Crippen molar-refractivity contribution in [2.75, 3.05) is 7.11 Å². The van der Waals surface area contributed by atoms with E-state index in [-0.39, 0.29) is 61.0 Å². The normalized spacial score (nSPS) is 11.9. The Hall–Kier alpha value is -1.01. The number of carbonyl (C=O) groups is 1. The van der Waals surface area contributed by atoms with Crippen molar-refractivity contribution in [1.82, 2.24) is 9.55 Å². The minimum atomic E-state index is -4.18. The Balaban J connectivity index is 0.00000408. The van der Waals surface area contributed by atoms with Gasteiger partial charge in [0.1, 0.15) is 20.1 Å². The van der Waals surface area contributed by atoms with Gasteiger partial charge < -0.3 is 14.0 Å². The molecule has 0 spiro atoms. The number of hydrogen-bond donors (Lipinski definition) is 0. The molecule has 0 bridgehead atoms. The average molecular weight is 528 g/mol. The smallest absolute Gasteiger partial charge is 0.505 e. The standard InChI is InChI=1S/C24H31N3O4S2.K/c1-16(2)13-19-14-20(21(32-19)33(29,30)26-23(28)31-6)18-9-7-17(8-10-18)15-27-12-11-25-22(27)24(3,4)5;/h7-12,14,16H,13,15H2,1-6H3,(H,26,28);/q;+1/p-1. The molecule has 0 fully saturated rings. The molecule has 0 atom stereocenters. The fraction of sp³-hybridized carbons (Fsp3) is 0.417. The number of imidazole rings is 1. The van der Waals surface area contributed by atoms with Crippen LogP contribution in [0.15, 0.2) is 46.9 Å². The fourth-order valence-corrected chi connectivity index (χ4v) is 6.34. The van der Waals surface area contributed by atoms with Crippen molar-refractivity contribution >= 4 is 27.5 Å². The van der Waals surface area contributed by atoms with Crippen LogP contribution in [-0.2, 0) is 33.1 Å². The van der Waals surface area contributed by atoms with E-state index in [4.69, 9.17) is 0 Å². The van der Waals surface area contributed by atoms with Crippen LogP contribution >= 0.6 is 11.3 Å². The third-order valence-corrected chi connectivity index (χ3v) is 7.88. The van der Waals surface area contributed by atoms with Gasteiger partial charge in [-0.05, 0) is 29.5 Å². The van der Waals surface area contributed by atoms with Crippen molar-refractivity contribution in [3.05, 3.63) is 63.7 Å². The molecule has 2 aromatic heterocycles. The number of sulfonamides is 1. The van der Waals surface area contributed by atoms with E-state index in [9.17, 15) is 13.2 Å². The van der Waals surface area contributed by atoms with Crippen molar-refractivity contribution in [1.29, 1.82) is 0 Å². The van der Waals surface area contributed by atoms with Crippen LogP contribution in [0.3, 0.4) is 0 Å². The summed E-state index contributed by atoms with van der Waals surface area (Å²) < 4.78 is 35.6. The molecule has 0 radical (unpaired) electrons. The van der Waals surface area contributed by atoms with Crippen molar-refractivity contribution in [2.24, 2.45) is 5.92 Å². The van der Waals surface area contributed by atoms with Crippen LogP contribution in [0.1, 0.15) is 50.9 Å². The number of rotatable bonds is 7. The van der Waals surface area contributed by atoms with Crippen molar-refractivity contribution in [3.63, 3.8) is 0 Å². The van der Waals surface area contributed by atoms with Crippen LogP contribution in [0, 0.1) is 5.92 Å². The molecule has 0 saturated carbocycles. The summed E-state index contributed by atoms with van der Waals surface area (Å²) in [5.41, 5.74) is 2.31. The molecule has 0 aliphatic rings. The molecule has 3 rings (SSSR count). The Kier molecular flexibility index (Phi) is 10.2. The van der Waals surface area contributed by atoms with Gasteiger partial charge >= 0.3 is 51.4 Å². The maximum Gasteiger partial charge on any atom is 1.00 e. The fourth-order valence-electron chi connectivity index (χ4n) is 3.56. The first-order valence-corrected chi connectivity index (χ1v) is 13.0. The molecule has 1 amide bonds. The number of hydrogen-bond acceptors (Lipinski definition) is 6. The molecule has 178 valence electrons.